The van der Waals surface area contributed by atoms with Crippen LogP contribution in [0.2, 0.25) is 0 Å². The van der Waals surface area contributed by atoms with Crippen LogP contribution in [0.5, 0.6) is 0 Å². The van der Waals surface area contributed by atoms with Gasteiger partial charge in [-0.1, -0.05) is 6.92 Å². The minimum atomic E-state index is 0.269. The van der Waals surface area contributed by atoms with Crippen molar-refractivity contribution in [2.24, 2.45) is 11.7 Å². The molecule has 0 saturated carbocycles. The normalized spacial score (nSPS) is 19.8. The van der Waals surface area contributed by atoms with Gasteiger partial charge in [-0.05, 0) is 30.9 Å². The lowest BCUT2D eigenvalue weighted by Crippen LogP contribution is -2.36. The van der Waals surface area contributed by atoms with E-state index in [2.05, 4.69) is 6.92 Å². The van der Waals surface area contributed by atoms with E-state index in [0.717, 1.165) is 38.1 Å². The number of piperidine rings is 1. The molecule has 1 fully saturated rings. The first-order valence-electron chi connectivity index (χ1n) is 5.25. The second kappa shape index (κ2) is 5.44. The van der Waals surface area contributed by atoms with E-state index in [1.54, 1.807) is 12.2 Å². The van der Waals surface area contributed by atoms with E-state index in [1.807, 2.05) is 4.90 Å². The van der Waals surface area contributed by atoms with Crippen LogP contribution in [-0.2, 0) is 0 Å². The van der Waals surface area contributed by atoms with Crippen LogP contribution >= 0.6 is 0 Å². The van der Waals surface area contributed by atoms with Crippen molar-refractivity contribution in [2.45, 2.75) is 19.8 Å². The summed E-state index contributed by atoms with van der Waals surface area (Å²) < 4.78 is 0. The molecule has 0 unspecified atom stereocenters. The highest BCUT2D eigenvalue weighted by atomic mass is 16.2. The molecular weight excluding hydrogens is 190 g/mol. The highest BCUT2D eigenvalue weighted by molar-refractivity contribution is 5.90. The van der Waals surface area contributed by atoms with Crippen molar-refractivity contribution in [1.82, 2.24) is 4.90 Å². The van der Waals surface area contributed by atoms with Crippen LogP contribution in [0.4, 0.5) is 0 Å². The summed E-state index contributed by atoms with van der Waals surface area (Å²) in [5.74, 6) is 1.23. The molecule has 0 radical (unpaired) electrons. The number of rotatable bonds is 2. The van der Waals surface area contributed by atoms with Crippen LogP contribution in [0, 0.1) is 11.3 Å². The molecule has 0 bridgehead atoms. The molecule has 1 saturated heterocycles. The molecule has 84 valence electrons. The van der Waals surface area contributed by atoms with Crippen molar-refractivity contribution in [3.8, 4) is 0 Å². The Morgan fingerprint density at radius 3 is 2.53 bits per heavy atom. The second-order valence-electron chi connectivity index (χ2n) is 4.02. The maximum atomic E-state index is 8.57. The van der Waals surface area contributed by atoms with E-state index in [-0.39, 0.29) is 5.70 Å². The summed E-state index contributed by atoms with van der Waals surface area (Å²) >= 11 is 0. The van der Waals surface area contributed by atoms with Gasteiger partial charge in [0, 0.05) is 13.1 Å². The largest absolute Gasteiger partial charge is 0.513 e. The van der Waals surface area contributed by atoms with E-state index in [1.165, 1.54) is 0 Å². The van der Waals surface area contributed by atoms with Crippen LogP contribution in [-0.4, -0.2) is 28.9 Å². The molecule has 1 rings (SSSR count). The Morgan fingerprint density at radius 1 is 1.40 bits per heavy atom. The van der Waals surface area contributed by atoms with Crippen LogP contribution < -0.4 is 5.73 Å². The van der Waals surface area contributed by atoms with Crippen LogP contribution in [0.1, 0.15) is 19.8 Å². The van der Waals surface area contributed by atoms with E-state index >= 15 is 0 Å². The molecule has 0 atom stereocenters. The third-order valence-corrected chi connectivity index (χ3v) is 2.71. The minimum absolute atomic E-state index is 0.269. The van der Waals surface area contributed by atoms with Gasteiger partial charge in [0.2, 0.25) is 0 Å². The number of nitrogens with two attached hydrogens (primary N) is 1. The zero-order valence-electron chi connectivity index (χ0n) is 9.11. The number of hydrogen-bond acceptors (Lipinski definition) is 3. The quantitative estimate of drug-likeness (QED) is 0.280. The third kappa shape index (κ3) is 3.65. The number of amidine groups is 1. The summed E-state index contributed by atoms with van der Waals surface area (Å²) in [6.45, 7) is 4.11. The summed E-state index contributed by atoms with van der Waals surface area (Å²) in [6.07, 6.45) is 6.28. The second-order valence-corrected chi connectivity index (χ2v) is 4.02. The highest BCUT2D eigenvalue weighted by Gasteiger charge is 2.16. The van der Waals surface area contributed by atoms with Gasteiger partial charge < -0.3 is 15.7 Å². The molecule has 1 heterocycles. The molecule has 4 N–H and O–H groups in total. The minimum Gasteiger partial charge on any atom is -0.513 e. The number of nitrogens with one attached hydrogen (secondary N) is 1. The average Bonchev–Trinajstić information content (AvgIpc) is 2.26. The molecule has 0 amide bonds. The lowest BCUT2D eigenvalue weighted by atomic mass is 9.99. The smallest absolute Gasteiger partial charge is 0.120 e. The molecule has 0 aromatic rings. The summed E-state index contributed by atoms with van der Waals surface area (Å²) in [5.41, 5.74) is 5.65. The van der Waals surface area contributed by atoms with Gasteiger partial charge in [0.1, 0.15) is 12.1 Å². The van der Waals surface area contributed by atoms with Gasteiger partial charge in [-0.25, -0.2) is 0 Å². The molecule has 0 spiro atoms. The van der Waals surface area contributed by atoms with Gasteiger partial charge >= 0.3 is 0 Å². The van der Waals surface area contributed by atoms with Crippen molar-refractivity contribution in [2.75, 3.05) is 13.1 Å². The highest BCUT2D eigenvalue weighted by Crippen LogP contribution is 2.16. The summed E-state index contributed by atoms with van der Waals surface area (Å²) in [4.78, 5) is 2.03. The molecule has 4 heteroatoms. The Labute approximate surface area is 90.6 Å². The summed E-state index contributed by atoms with van der Waals surface area (Å²) in [7, 11) is 0. The molecule has 1 aliphatic heterocycles. The number of likely N-dealkylation sites (tertiary alicyclic amines) is 1. The molecule has 0 aliphatic carbocycles. The van der Waals surface area contributed by atoms with Gasteiger partial charge in [-0.3, -0.25) is 5.41 Å². The maximum absolute atomic E-state index is 8.57. The zero-order valence-corrected chi connectivity index (χ0v) is 9.11. The van der Waals surface area contributed by atoms with Crippen molar-refractivity contribution >= 4 is 5.84 Å². The topological polar surface area (TPSA) is 73.3 Å². The fourth-order valence-electron chi connectivity index (χ4n) is 1.57. The number of allylic oxidation sites excluding steroid dienone is 1. The maximum Gasteiger partial charge on any atom is 0.120 e. The van der Waals surface area contributed by atoms with Crippen molar-refractivity contribution < 1.29 is 5.11 Å². The first-order chi connectivity index (χ1) is 7.13. The molecule has 0 aromatic heterocycles. The van der Waals surface area contributed by atoms with E-state index in [4.69, 9.17) is 16.2 Å². The van der Waals surface area contributed by atoms with Gasteiger partial charge in [0.15, 0.2) is 0 Å². The van der Waals surface area contributed by atoms with E-state index in [9.17, 15) is 0 Å². The number of hydrogen-bond donors (Lipinski definition) is 3. The van der Waals surface area contributed by atoms with Crippen molar-refractivity contribution in [3.63, 3.8) is 0 Å². The fraction of sp³-hybridized carbons (Fsp3) is 0.545. The third-order valence-electron chi connectivity index (χ3n) is 2.71. The van der Waals surface area contributed by atoms with Crippen molar-refractivity contribution in [3.05, 3.63) is 24.1 Å². The standard InChI is InChI=1S/C11H19N3O/c1-9-4-6-14(7-5-9)11(13)3-2-10(12)8-15/h2-3,8-9,13,15H,4-7,12H2,1H3/b3-2-,10-8+,13-11?. The number of aliphatic hydroxyl groups excluding tert-OH is 1. The van der Waals surface area contributed by atoms with E-state index < -0.39 is 0 Å². The Bertz CT molecular complexity index is 276. The predicted molar refractivity (Wildman–Crippen MR) is 61.7 cm³/mol. The lowest BCUT2D eigenvalue weighted by Gasteiger charge is -2.31. The van der Waals surface area contributed by atoms with Gasteiger partial charge in [0.05, 0.1) is 5.70 Å². The van der Waals surface area contributed by atoms with E-state index in [0.29, 0.717) is 5.84 Å². The average molecular weight is 209 g/mol. The zero-order chi connectivity index (χ0) is 11.3. The molecule has 4 nitrogen and oxygen atoms in total. The molecule has 0 aromatic carbocycles. The van der Waals surface area contributed by atoms with Gasteiger partial charge in [-0.15, -0.1) is 0 Å². The first kappa shape index (κ1) is 11.6. The Morgan fingerprint density at radius 2 is 2.00 bits per heavy atom. The molecular formula is C11H19N3O. The van der Waals surface area contributed by atoms with Crippen LogP contribution in [0.15, 0.2) is 24.1 Å². The molecule has 15 heavy (non-hydrogen) atoms. The van der Waals surface area contributed by atoms with Crippen molar-refractivity contribution in [1.29, 1.82) is 5.41 Å². The Balaban J connectivity index is 2.44. The predicted octanol–water partition coefficient (Wildman–Crippen LogP) is 1.61. The lowest BCUT2D eigenvalue weighted by molar-refractivity contribution is 0.280. The first-order valence-corrected chi connectivity index (χ1v) is 5.25. The van der Waals surface area contributed by atoms with Gasteiger partial charge in [-0.2, -0.15) is 0 Å². The Kier molecular flexibility index (Phi) is 4.21. The number of aliphatic hydroxyl groups is 1. The van der Waals surface area contributed by atoms with Gasteiger partial charge in [0.25, 0.3) is 0 Å². The van der Waals surface area contributed by atoms with Crippen LogP contribution in [0.3, 0.4) is 0 Å². The number of nitrogens with zero attached hydrogens (tertiary/aromatic N) is 1. The Hall–Kier alpha value is -1.45. The summed E-state index contributed by atoms with van der Waals surface area (Å²) in [5, 5.41) is 16.4. The summed E-state index contributed by atoms with van der Waals surface area (Å²) in [6, 6.07) is 0. The monoisotopic (exact) mass is 209 g/mol. The van der Waals surface area contributed by atoms with Crippen LogP contribution in [0.25, 0.3) is 0 Å². The molecule has 1 aliphatic rings. The fourth-order valence-corrected chi connectivity index (χ4v) is 1.57. The SMILES string of the molecule is CC1CCN(C(=N)/C=C\C(N)=C/O)CC1.